The number of anilines is 1. The average molecular weight is 454 g/mol. The molecule has 0 saturated heterocycles. The summed E-state index contributed by atoms with van der Waals surface area (Å²) in [6.07, 6.45) is 0.669. The molecular weight excluding hydrogens is 430 g/mol. The molecule has 160 valence electrons. The predicted molar refractivity (Wildman–Crippen MR) is 128 cm³/mol. The zero-order valence-electron chi connectivity index (χ0n) is 17.2. The van der Waals surface area contributed by atoms with Crippen LogP contribution in [0, 0.1) is 13.8 Å². The summed E-state index contributed by atoms with van der Waals surface area (Å²) in [4.78, 5) is 25.2. The highest BCUT2D eigenvalue weighted by Gasteiger charge is 2.20. The normalized spacial score (nSPS) is 10.4. The number of aryl methyl sites for hydroxylation is 1. The molecule has 0 radical (unpaired) electrons. The maximum Gasteiger partial charge on any atom is 0.264 e. The summed E-state index contributed by atoms with van der Waals surface area (Å²) in [5.74, 6) is -0.362. The van der Waals surface area contributed by atoms with Crippen LogP contribution in [0.5, 0.6) is 5.75 Å². The summed E-state index contributed by atoms with van der Waals surface area (Å²) in [6.45, 7) is 3.64. The van der Waals surface area contributed by atoms with Crippen molar-refractivity contribution in [1.82, 2.24) is 5.32 Å². The fourth-order valence-corrected chi connectivity index (χ4v) is 4.51. The van der Waals surface area contributed by atoms with E-state index in [4.69, 9.17) is 22.7 Å². The van der Waals surface area contributed by atoms with Crippen molar-refractivity contribution in [3.05, 3.63) is 81.7 Å². The average Bonchev–Trinajstić information content (AvgIpc) is 3.03. The van der Waals surface area contributed by atoms with E-state index in [0.29, 0.717) is 22.7 Å². The number of carbonyl (C=O) groups excluding carboxylic acids is 2. The molecular formula is C23H23N3O3S2. The summed E-state index contributed by atoms with van der Waals surface area (Å²) in [6, 6.07) is 17.3. The van der Waals surface area contributed by atoms with Crippen molar-refractivity contribution < 1.29 is 14.3 Å². The van der Waals surface area contributed by atoms with Crippen LogP contribution in [0.25, 0.3) is 0 Å². The summed E-state index contributed by atoms with van der Waals surface area (Å²) in [7, 11) is 0. The fraction of sp³-hybridized carbons (Fsp3) is 0.174. The molecule has 3 aromatic rings. The topological polar surface area (TPSA) is 93.4 Å². The smallest absolute Gasteiger partial charge is 0.264 e. The minimum Gasteiger partial charge on any atom is -0.484 e. The van der Waals surface area contributed by atoms with Crippen molar-refractivity contribution in [1.29, 1.82) is 0 Å². The Morgan fingerprint density at radius 2 is 1.74 bits per heavy atom. The quantitative estimate of drug-likeness (QED) is 0.471. The Kier molecular flexibility index (Phi) is 7.38. The number of hydrogen-bond acceptors (Lipinski definition) is 5. The first-order valence-electron chi connectivity index (χ1n) is 9.59. The molecule has 0 fully saturated rings. The van der Waals surface area contributed by atoms with Crippen molar-refractivity contribution in [3.8, 4) is 5.75 Å². The van der Waals surface area contributed by atoms with E-state index in [1.165, 1.54) is 11.3 Å². The van der Waals surface area contributed by atoms with Crippen LogP contribution in [0.4, 0.5) is 5.00 Å². The highest BCUT2D eigenvalue weighted by atomic mass is 32.1. The first-order chi connectivity index (χ1) is 14.8. The molecule has 1 heterocycles. The lowest BCUT2D eigenvalue weighted by Crippen LogP contribution is -2.37. The maximum atomic E-state index is 12.2. The SMILES string of the molecule is Cc1ccc(OCC(=O)NC(=S)Nc2sc(Cc3ccccc3)c(C)c2C(N)=O)cc1. The number of thiocarbonyl (C=S) groups is 1. The number of nitrogens with one attached hydrogen (secondary N) is 2. The molecule has 0 bridgehead atoms. The third-order valence-electron chi connectivity index (χ3n) is 4.57. The van der Waals surface area contributed by atoms with Crippen molar-refractivity contribution in [2.24, 2.45) is 5.73 Å². The minimum atomic E-state index is -0.549. The van der Waals surface area contributed by atoms with E-state index in [-0.39, 0.29) is 11.7 Å². The number of carbonyl (C=O) groups is 2. The molecule has 0 atom stereocenters. The van der Waals surface area contributed by atoms with Gasteiger partial charge in [0.15, 0.2) is 11.7 Å². The number of amides is 2. The third kappa shape index (κ3) is 6.13. The summed E-state index contributed by atoms with van der Waals surface area (Å²) < 4.78 is 5.45. The highest BCUT2D eigenvalue weighted by molar-refractivity contribution is 7.80. The van der Waals surface area contributed by atoms with E-state index in [0.717, 1.165) is 21.6 Å². The van der Waals surface area contributed by atoms with Crippen molar-refractivity contribution in [3.63, 3.8) is 0 Å². The molecule has 31 heavy (non-hydrogen) atoms. The van der Waals surface area contributed by atoms with Gasteiger partial charge in [-0.05, 0) is 49.3 Å². The van der Waals surface area contributed by atoms with Crippen LogP contribution >= 0.6 is 23.6 Å². The Hall–Kier alpha value is -3.23. The van der Waals surface area contributed by atoms with Gasteiger partial charge in [0, 0.05) is 11.3 Å². The lowest BCUT2D eigenvalue weighted by Gasteiger charge is -2.10. The van der Waals surface area contributed by atoms with Crippen LogP contribution < -0.4 is 21.1 Å². The van der Waals surface area contributed by atoms with Crippen molar-refractivity contribution in [2.45, 2.75) is 20.3 Å². The molecule has 0 aliphatic carbocycles. The number of nitrogens with two attached hydrogens (primary N) is 1. The second-order valence-corrected chi connectivity index (χ2v) is 8.50. The van der Waals surface area contributed by atoms with Crippen LogP contribution in [0.1, 0.15) is 31.9 Å². The molecule has 2 amide bonds. The maximum absolute atomic E-state index is 12.2. The Labute approximate surface area is 190 Å². The Morgan fingerprint density at radius 1 is 1.06 bits per heavy atom. The van der Waals surface area contributed by atoms with E-state index in [9.17, 15) is 9.59 Å². The molecule has 2 aromatic carbocycles. The second kappa shape index (κ2) is 10.2. The lowest BCUT2D eigenvalue weighted by molar-refractivity contribution is -0.121. The van der Waals surface area contributed by atoms with E-state index in [2.05, 4.69) is 10.6 Å². The molecule has 0 aliphatic rings. The van der Waals surface area contributed by atoms with Crippen LogP contribution in [-0.4, -0.2) is 23.5 Å². The predicted octanol–water partition coefficient (Wildman–Crippen LogP) is 3.95. The van der Waals surface area contributed by atoms with Crippen molar-refractivity contribution in [2.75, 3.05) is 11.9 Å². The molecule has 1 aromatic heterocycles. The van der Waals surface area contributed by atoms with Gasteiger partial charge in [0.25, 0.3) is 11.8 Å². The highest BCUT2D eigenvalue weighted by Crippen LogP contribution is 2.34. The zero-order valence-corrected chi connectivity index (χ0v) is 18.9. The van der Waals surface area contributed by atoms with E-state index >= 15 is 0 Å². The number of rotatable bonds is 7. The Balaban J connectivity index is 1.64. The first-order valence-corrected chi connectivity index (χ1v) is 10.8. The summed E-state index contributed by atoms with van der Waals surface area (Å²) in [5.41, 5.74) is 9.01. The number of benzene rings is 2. The second-order valence-electron chi connectivity index (χ2n) is 6.99. The molecule has 3 rings (SSSR count). The number of ether oxygens (including phenoxy) is 1. The summed E-state index contributed by atoms with van der Waals surface area (Å²) in [5, 5.41) is 6.09. The standard InChI is InChI=1S/C23H23N3O3S2/c1-14-8-10-17(11-9-14)29-13-19(27)25-23(30)26-22-20(21(24)28)15(2)18(31-22)12-16-6-4-3-5-7-16/h3-11H,12-13H2,1-2H3,(H2,24,28)(H2,25,26,27,30). The zero-order chi connectivity index (χ0) is 22.4. The van der Waals surface area contributed by atoms with E-state index in [1.807, 2.05) is 56.3 Å². The molecule has 0 saturated carbocycles. The van der Waals surface area contributed by atoms with E-state index < -0.39 is 11.8 Å². The number of thiophene rings is 1. The molecule has 8 heteroatoms. The fourth-order valence-electron chi connectivity index (χ4n) is 2.98. The number of primary amides is 1. The van der Waals surface area contributed by atoms with Gasteiger partial charge in [-0.1, -0.05) is 48.0 Å². The minimum absolute atomic E-state index is 0.0764. The van der Waals surface area contributed by atoms with Crippen molar-refractivity contribution >= 4 is 45.5 Å². The van der Waals surface area contributed by atoms with Gasteiger partial charge in [-0.25, -0.2) is 0 Å². The van der Waals surface area contributed by atoms with Crippen LogP contribution in [0.15, 0.2) is 54.6 Å². The van der Waals surface area contributed by atoms with Gasteiger partial charge in [-0.15, -0.1) is 11.3 Å². The molecule has 0 spiro atoms. The Morgan fingerprint density at radius 3 is 2.39 bits per heavy atom. The largest absolute Gasteiger partial charge is 0.484 e. The van der Waals surface area contributed by atoms with Gasteiger partial charge >= 0.3 is 0 Å². The molecule has 0 aliphatic heterocycles. The van der Waals surface area contributed by atoms with Gasteiger partial charge in [0.2, 0.25) is 0 Å². The van der Waals surface area contributed by atoms with Gasteiger partial charge in [-0.2, -0.15) is 0 Å². The van der Waals surface area contributed by atoms with Crippen LogP contribution in [0.3, 0.4) is 0 Å². The van der Waals surface area contributed by atoms with Gasteiger partial charge in [0.05, 0.1) is 5.56 Å². The molecule has 4 N–H and O–H groups in total. The third-order valence-corrected chi connectivity index (χ3v) is 5.98. The van der Waals surface area contributed by atoms with Crippen LogP contribution in [0.2, 0.25) is 0 Å². The molecule has 6 nitrogen and oxygen atoms in total. The van der Waals surface area contributed by atoms with Gasteiger partial charge < -0.3 is 15.8 Å². The summed E-state index contributed by atoms with van der Waals surface area (Å²) >= 11 is 6.64. The first kappa shape index (κ1) is 22.5. The molecule has 0 unspecified atom stereocenters. The van der Waals surface area contributed by atoms with E-state index in [1.54, 1.807) is 12.1 Å². The monoisotopic (exact) mass is 453 g/mol. The van der Waals surface area contributed by atoms with Gasteiger partial charge in [0.1, 0.15) is 10.8 Å². The van der Waals surface area contributed by atoms with Crippen LogP contribution in [-0.2, 0) is 11.2 Å². The van der Waals surface area contributed by atoms with Gasteiger partial charge in [-0.3, -0.25) is 14.9 Å². The Bertz CT molecular complexity index is 1090. The lowest BCUT2D eigenvalue weighted by atomic mass is 10.1. The number of hydrogen-bond donors (Lipinski definition) is 3.